The number of aromatic amines is 1. The van der Waals surface area contributed by atoms with Crippen molar-refractivity contribution in [3.63, 3.8) is 0 Å². The third kappa shape index (κ3) is 11.5. The van der Waals surface area contributed by atoms with Gasteiger partial charge in [0.1, 0.15) is 36.2 Å². The first-order chi connectivity index (χ1) is 22.9. The summed E-state index contributed by atoms with van der Waals surface area (Å²) >= 11 is 0. The van der Waals surface area contributed by atoms with E-state index in [4.69, 9.17) is 19.9 Å². The molecule has 2 saturated heterocycles. The number of nitrogens with two attached hydrogens (primary N) is 1. The topological polar surface area (TPSA) is 186 Å². The molecule has 0 unspecified atom stereocenters. The molecule has 0 aromatic carbocycles. The lowest BCUT2D eigenvalue weighted by molar-refractivity contribution is -0.167. The van der Waals surface area contributed by atoms with Crippen LogP contribution in [0.25, 0.3) is 0 Å². The Morgan fingerprint density at radius 3 is 2.00 bits per heavy atom. The molecule has 5 N–H and O–H groups in total. The molecule has 3 heterocycles. The second kappa shape index (κ2) is 19.6. The summed E-state index contributed by atoms with van der Waals surface area (Å²) in [7, 11) is 0. The molecule has 274 valence electrons. The number of ether oxygens (including phenoxy) is 3. The molecule has 48 heavy (non-hydrogen) atoms. The Bertz CT molecular complexity index is 1250. The van der Waals surface area contributed by atoms with Crippen LogP contribution in [0, 0.1) is 0 Å². The lowest BCUT2D eigenvalue weighted by atomic mass is 9.98. The molecule has 0 spiro atoms. The van der Waals surface area contributed by atoms with E-state index < -0.39 is 65.7 Å². The van der Waals surface area contributed by atoms with Gasteiger partial charge >= 0.3 is 11.7 Å². The first-order valence-electron chi connectivity index (χ1n) is 18.1. The molecule has 2 aliphatic heterocycles. The Balaban J connectivity index is 1.67. The van der Waals surface area contributed by atoms with Gasteiger partial charge in [-0.05, 0) is 46.6 Å². The van der Waals surface area contributed by atoms with E-state index in [-0.39, 0.29) is 12.3 Å². The van der Waals surface area contributed by atoms with Crippen LogP contribution in [0.4, 0.5) is 0 Å². The highest BCUT2D eigenvalue weighted by Gasteiger charge is 2.58. The van der Waals surface area contributed by atoms with Crippen LogP contribution >= 0.6 is 0 Å². The van der Waals surface area contributed by atoms with Gasteiger partial charge in [-0.1, -0.05) is 84.0 Å². The van der Waals surface area contributed by atoms with E-state index in [0.717, 1.165) is 36.1 Å². The number of hydrogen-bond donors (Lipinski definition) is 4. The molecule has 13 nitrogen and oxygen atoms in total. The number of unbranched alkanes of at least 4 members (excludes halogenated alkanes) is 12. The molecule has 0 saturated carbocycles. The number of aromatic nitrogens is 2. The molecular formula is C35H60N4O9. The largest absolute Gasteiger partial charge is 0.458 e. The zero-order chi connectivity index (χ0) is 35.3. The maximum Gasteiger partial charge on any atom is 0.332 e. The number of hydrogen-bond acceptors (Lipinski definition) is 10. The van der Waals surface area contributed by atoms with Gasteiger partial charge in [0.2, 0.25) is 5.91 Å². The van der Waals surface area contributed by atoms with E-state index in [9.17, 15) is 29.4 Å². The van der Waals surface area contributed by atoms with Crippen LogP contribution in [-0.4, -0.2) is 85.4 Å². The fraction of sp³-hybridized carbons (Fsp3) is 0.829. The van der Waals surface area contributed by atoms with Gasteiger partial charge in [-0.25, -0.2) is 9.59 Å². The van der Waals surface area contributed by atoms with E-state index in [1.54, 1.807) is 20.8 Å². The lowest BCUT2D eigenvalue weighted by Gasteiger charge is -2.32. The van der Waals surface area contributed by atoms with Crippen molar-refractivity contribution in [2.24, 2.45) is 5.73 Å². The minimum Gasteiger partial charge on any atom is -0.458 e. The molecule has 0 bridgehead atoms. The summed E-state index contributed by atoms with van der Waals surface area (Å²) in [6.07, 6.45) is 9.56. The standard InChI is InChI=1S/C35H60N4O9/c1-5-6-7-8-9-10-11-12-13-14-15-16-17-19-25(41)39-26(20-18-22-36)46-30(27(39)33(44)48-35(2,3)4)31-28(42)29(43)32(47-31)38-23-21-24(40)37-34(38)45/h21,23,26-32,42-43H,5-20,22,36H2,1-4H3,(H,37,40,45)/t26-,27+,28+,29-,30+,31+,32-/m1/s1. The van der Waals surface area contributed by atoms with Crippen LogP contribution in [-0.2, 0) is 23.8 Å². The first-order valence-corrected chi connectivity index (χ1v) is 18.1. The maximum atomic E-state index is 13.8. The summed E-state index contributed by atoms with van der Waals surface area (Å²) in [6, 6.07) is -0.189. The number of carbonyl (C=O) groups is 2. The monoisotopic (exact) mass is 680 g/mol. The second-order valence-electron chi connectivity index (χ2n) is 14.2. The summed E-state index contributed by atoms with van der Waals surface area (Å²) in [5, 5.41) is 22.1. The smallest absolute Gasteiger partial charge is 0.332 e. The van der Waals surface area contributed by atoms with Crippen LogP contribution < -0.4 is 17.0 Å². The molecule has 2 fully saturated rings. The number of rotatable bonds is 20. The van der Waals surface area contributed by atoms with Crippen molar-refractivity contribution in [1.82, 2.24) is 14.5 Å². The minimum absolute atomic E-state index is 0.207. The highest BCUT2D eigenvalue weighted by molar-refractivity contribution is 5.86. The molecule has 1 aromatic rings. The van der Waals surface area contributed by atoms with Crippen molar-refractivity contribution in [2.45, 2.75) is 179 Å². The van der Waals surface area contributed by atoms with Crippen molar-refractivity contribution in [3.8, 4) is 0 Å². The van der Waals surface area contributed by atoms with Crippen LogP contribution in [0.3, 0.4) is 0 Å². The molecule has 0 aliphatic carbocycles. The SMILES string of the molecule is CCCCCCCCCCCCCCCC(=O)N1[C@H](C(=O)OC(C)(C)C)[C@@H]([C@H]2O[C@@H](n3ccc(=O)[nH]c3=O)[C@H](O)[C@@H]2O)O[C@@H]1CCCN. The van der Waals surface area contributed by atoms with Gasteiger partial charge in [0.05, 0.1) is 0 Å². The molecule has 13 heteroatoms. The number of carbonyl (C=O) groups excluding carboxylic acids is 2. The zero-order valence-electron chi connectivity index (χ0n) is 29.4. The highest BCUT2D eigenvalue weighted by Crippen LogP contribution is 2.39. The van der Waals surface area contributed by atoms with Gasteiger partial charge in [0.15, 0.2) is 12.3 Å². The fourth-order valence-electron chi connectivity index (χ4n) is 6.58. The molecule has 0 radical (unpaired) electrons. The predicted molar refractivity (Wildman–Crippen MR) is 181 cm³/mol. The number of aliphatic hydroxyl groups excluding tert-OH is 2. The lowest BCUT2D eigenvalue weighted by Crippen LogP contribution is -2.54. The van der Waals surface area contributed by atoms with Crippen LogP contribution in [0.15, 0.2) is 21.9 Å². The highest BCUT2D eigenvalue weighted by atomic mass is 16.6. The van der Waals surface area contributed by atoms with Crippen molar-refractivity contribution < 1.29 is 34.0 Å². The number of aliphatic hydroxyl groups is 2. The number of nitrogens with one attached hydrogen (secondary N) is 1. The zero-order valence-corrected chi connectivity index (χ0v) is 29.4. The maximum absolute atomic E-state index is 13.8. The molecule has 7 atom stereocenters. The van der Waals surface area contributed by atoms with Gasteiger partial charge in [0, 0.05) is 18.7 Å². The quantitative estimate of drug-likeness (QED) is 0.117. The summed E-state index contributed by atoms with van der Waals surface area (Å²) < 4.78 is 19.0. The number of amides is 1. The van der Waals surface area contributed by atoms with E-state index in [1.807, 2.05) is 0 Å². The van der Waals surface area contributed by atoms with Crippen molar-refractivity contribution in [2.75, 3.05) is 6.54 Å². The van der Waals surface area contributed by atoms with Gasteiger partial charge in [-0.3, -0.25) is 19.1 Å². The fourth-order valence-corrected chi connectivity index (χ4v) is 6.58. The van der Waals surface area contributed by atoms with E-state index in [1.165, 1.54) is 62.7 Å². The Labute approximate surface area is 284 Å². The molecule has 2 aliphatic rings. The molecule has 1 amide bonds. The average molecular weight is 681 g/mol. The predicted octanol–water partition coefficient (Wildman–Crippen LogP) is 3.64. The van der Waals surface area contributed by atoms with Crippen molar-refractivity contribution in [1.29, 1.82) is 0 Å². The van der Waals surface area contributed by atoms with Crippen LogP contribution in [0.2, 0.25) is 0 Å². The van der Waals surface area contributed by atoms with E-state index in [2.05, 4.69) is 11.9 Å². The van der Waals surface area contributed by atoms with Crippen LogP contribution in [0.1, 0.15) is 137 Å². The van der Waals surface area contributed by atoms with Gasteiger partial charge in [-0.2, -0.15) is 0 Å². The third-order valence-corrected chi connectivity index (χ3v) is 9.05. The Hall–Kier alpha value is -2.58. The number of H-pyrrole nitrogens is 1. The van der Waals surface area contributed by atoms with Crippen LogP contribution in [0.5, 0.6) is 0 Å². The Morgan fingerprint density at radius 2 is 1.46 bits per heavy atom. The summed E-state index contributed by atoms with van der Waals surface area (Å²) in [6.45, 7) is 7.71. The number of nitrogens with zero attached hydrogens (tertiary/aromatic N) is 2. The average Bonchev–Trinajstić information content (AvgIpc) is 3.54. The molecule has 1 aromatic heterocycles. The number of esters is 1. The summed E-state index contributed by atoms with van der Waals surface area (Å²) in [4.78, 5) is 55.2. The second-order valence-corrected chi connectivity index (χ2v) is 14.2. The third-order valence-electron chi connectivity index (χ3n) is 9.05. The summed E-state index contributed by atoms with van der Waals surface area (Å²) in [5.41, 5.74) is 3.43. The van der Waals surface area contributed by atoms with Gasteiger partial charge < -0.3 is 35.1 Å². The van der Waals surface area contributed by atoms with E-state index >= 15 is 0 Å². The Morgan fingerprint density at radius 1 is 0.875 bits per heavy atom. The minimum atomic E-state index is -1.60. The molecular weight excluding hydrogens is 620 g/mol. The Kier molecular flexibility index (Phi) is 16.2. The van der Waals surface area contributed by atoms with Crippen molar-refractivity contribution >= 4 is 11.9 Å². The molecule has 3 rings (SSSR count). The van der Waals surface area contributed by atoms with E-state index in [0.29, 0.717) is 25.8 Å². The summed E-state index contributed by atoms with van der Waals surface area (Å²) in [5.74, 6) is -1.00. The van der Waals surface area contributed by atoms with Gasteiger partial charge in [0.25, 0.3) is 5.56 Å². The first kappa shape index (κ1) is 39.9. The van der Waals surface area contributed by atoms with Gasteiger partial charge in [-0.15, -0.1) is 0 Å². The normalized spacial score (nSPS) is 25.9. The van der Waals surface area contributed by atoms with Crippen molar-refractivity contribution in [3.05, 3.63) is 33.1 Å².